The number of allylic oxidation sites excluding steroid dienone is 1. The van der Waals surface area contributed by atoms with Gasteiger partial charge in [-0.25, -0.2) is 4.98 Å². The number of nitrogens with zero attached hydrogens (tertiary/aromatic N) is 2. The fraction of sp³-hybridized carbons (Fsp3) is 0.250. The average Bonchev–Trinajstić information content (AvgIpc) is 3.03. The molecule has 2 nitrogen and oxygen atoms in total. The second-order valence-corrected chi connectivity index (χ2v) is 6.16. The van der Waals surface area contributed by atoms with Crippen molar-refractivity contribution in [3.63, 3.8) is 0 Å². The Balaban J connectivity index is 1.68. The maximum atomic E-state index is 4.73. The van der Waals surface area contributed by atoms with E-state index in [9.17, 15) is 0 Å². The van der Waals surface area contributed by atoms with Crippen molar-refractivity contribution in [3.05, 3.63) is 47.0 Å². The summed E-state index contributed by atoms with van der Waals surface area (Å²) < 4.78 is 0. The van der Waals surface area contributed by atoms with E-state index in [0.29, 0.717) is 5.92 Å². The molecule has 2 heterocycles. The Kier molecular flexibility index (Phi) is 2.42. The molecule has 1 aromatic carbocycles. The third kappa shape index (κ3) is 2.04. The van der Waals surface area contributed by atoms with Crippen LogP contribution in [0.15, 0.2) is 40.7 Å². The Morgan fingerprint density at radius 3 is 3.05 bits per heavy atom. The van der Waals surface area contributed by atoms with Crippen LogP contribution < -0.4 is 0 Å². The van der Waals surface area contributed by atoms with Gasteiger partial charge in [-0.3, -0.25) is 4.99 Å². The highest BCUT2D eigenvalue weighted by molar-refractivity contribution is 7.13. The lowest BCUT2D eigenvalue weighted by atomic mass is 10.1. The minimum Gasteiger partial charge on any atom is -0.259 e. The largest absolute Gasteiger partial charge is 0.259 e. The fourth-order valence-corrected chi connectivity index (χ4v) is 3.28. The summed E-state index contributed by atoms with van der Waals surface area (Å²) in [6, 6.07) is 8.49. The second-order valence-electron chi connectivity index (χ2n) is 5.30. The highest BCUT2D eigenvalue weighted by Gasteiger charge is 2.36. The van der Waals surface area contributed by atoms with Crippen LogP contribution in [0.5, 0.6) is 0 Å². The van der Waals surface area contributed by atoms with Gasteiger partial charge in [0.1, 0.15) is 5.01 Å². The number of aliphatic imine (C=N–C) groups is 1. The lowest BCUT2D eigenvalue weighted by Crippen LogP contribution is -1.92. The van der Waals surface area contributed by atoms with E-state index >= 15 is 0 Å². The minimum absolute atomic E-state index is 0.707. The predicted molar refractivity (Wildman–Crippen MR) is 80.4 cm³/mol. The standard InChI is InChI=1S/C16H14N2S/c1-10-3-2-4-11(5-10)16-18-15(9-19-16)14-7-12-6-13(12)8-17-14/h2-5,7-9,12-13H,6H2,1H3. The van der Waals surface area contributed by atoms with E-state index < -0.39 is 0 Å². The Bertz CT molecular complexity index is 696. The van der Waals surface area contributed by atoms with Crippen LogP contribution in [-0.2, 0) is 0 Å². The van der Waals surface area contributed by atoms with Crippen molar-refractivity contribution in [1.82, 2.24) is 4.98 Å². The van der Waals surface area contributed by atoms with Gasteiger partial charge in [-0.1, -0.05) is 29.8 Å². The molecule has 0 spiro atoms. The summed E-state index contributed by atoms with van der Waals surface area (Å²) in [5.41, 5.74) is 4.53. The van der Waals surface area contributed by atoms with E-state index in [1.165, 1.54) is 17.5 Å². The summed E-state index contributed by atoms with van der Waals surface area (Å²) in [7, 11) is 0. The first-order valence-corrected chi connectivity index (χ1v) is 7.46. The first-order chi connectivity index (χ1) is 9.29. The Morgan fingerprint density at radius 1 is 1.26 bits per heavy atom. The van der Waals surface area contributed by atoms with Gasteiger partial charge in [0.05, 0.1) is 11.4 Å². The molecule has 19 heavy (non-hydrogen) atoms. The molecular weight excluding hydrogens is 252 g/mol. The van der Waals surface area contributed by atoms with Gasteiger partial charge in [0.15, 0.2) is 0 Å². The zero-order chi connectivity index (χ0) is 12.8. The summed E-state index contributed by atoms with van der Waals surface area (Å²) in [6.45, 7) is 2.11. The Morgan fingerprint density at radius 2 is 2.21 bits per heavy atom. The average molecular weight is 266 g/mol. The molecule has 0 amide bonds. The Hall–Kier alpha value is -1.74. The van der Waals surface area contributed by atoms with Gasteiger partial charge in [0.25, 0.3) is 0 Å². The highest BCUT2D eigenvalue weighted by Crippen LogP contribution is 2.43. The molecule has 1 fully saturated rings. The molecule has 3 heteroatoms. The number of thiazole rings is 1. The number of aromatic nitrogens is 1. The first-order valence-electron chi connectivity index (χ1n) is 6.58. The van der Waals surface area contributed by atoms with Crippen molar-refractivity contribution in [3.8, 4) is 10.6 Å². The van der Waals surface area contributed by atoms with Gasteiger partial charge in [-0.15, -0.1) is 11.3 Å². The van der Waals surface area contributed by atoms with Crippen LogP contribution >= 0.6 is 11.3 Å². The molecule has 2 aliphatic rings. The molecule has 94 valence electrons. The van der Waals surface area contributed by atoms with Gasteiger partial charge in [0.2, 0.25) is 0 Å². The molecule has 0 radical (unpaired) electrons. The smallest absolute Gasteiger partial charge is 0.124 e. The van der Waals surface area contributed by atoms with Crippen LogP contribution in [0.3, 0.4) is 0 Å². The molecular formula is C16H14N2S. The number of aryl methyl sites for hydroxylation is 1. The maximum Gasteiger partial charge on any atom is 0.124 e. The van der Waals surface area contributed by atoms with Crippen LogP contribution in [0.25, 0.3) is 16.3 Å². The van der Waals surface area contributed by atoms with Crippen LogP contribution in [0.2, 0.25) is 0 Å². The third-order valence-corrected chi connectivity index (χ3v) is 4.59. The molecule has 2 aromatic rings. The van der Waals surface area contributed by atoms with E-state index in [1.807, 2.05) is 0 Å². The molecule has 0 N–H and O–H groups in total. The summed E-state index contributed by atoms with van der Waals surface area (Å²) in [4.78, 5) is 9.26. The topological polar surface area (TPSA) is 25.2 Å². The van der Waals surface area contributed by atoms with E-state index in [4.69, 9.17) is 4.98 Å². The van der Waals surface area contributed by atoms with Crippen LogP contribution in [0, 0.1) is 18.8 Å². The number of rotatable bonds is 2. The quantitative estimate of drug-likeness (QED) is 0.800. The lowest BCUT2D eigenvalue weighted by Gasteiger charge is -2.02. The van der Waals surface area contributed by atoms with Gasteiger partial charge < -0.3 is 0 Å². The highest BCUT2D eigenvalue weighted by atomic mass is 32.1. The number of benzene rings is 1. The van der Waals surface area contributed by atoms with Crippen molar-refractivity contribution in [2.24, 2.45) is 16.8 Å². The molecule has 1 aromatic heterocycles. The monoisotopic (exact) mass is 266 g/mol. The van der Waals surface area contributed by atoms with Crippen molar-refractivity contribution >= 4 is 23.2 Å². The normalized spacial score (nSPS) is 23.9. The van der Waals surface area contributed by atoms with Gasteiger partial charge >= 0.3 is 0 Å². The summed E-state index contributed by atoms with van der Waals surface area (Å²) in [6.07, 6.45) is 5.63. The number of hydrogen-bond acceptors (Lipinski definition) is 3. The maximum absolute atomic E-state index is 4.73. The van der Waals surface area contributed by atoms with Crippen molar-refractivity contribution in [1.29, 1.82) is 0 Å². The third-order valence-electron chi connectivity index (χ3n) is 3.70. The molecule has 1 aliphatic heterocycles. The second kappa shape index (κ2) is 4.14. The van der Waals surface area contributed by atoms with Crippen LogP contribution in [-0.4, -0.2) is 11.2 Å². The molecule has 1 saturated carbocycles. The molecule has 4 rings (SSSR count). The van der Waals surface area contributed by atoms with E-state index in [-0.39, 0.29) is 0 Å². The van der Waals surface area contributed by atoms with Crippen molar-refractivity contribution < 1.29 is 0 Å². The fourth-order valence-electron chi connectivity index (χ4n) is 2.47. The van der Waals surface area contributed by atoms with Gasteiger partial charge in [-0.05, 0) is 25.3 Å². The Labute approximate surface area is 116 Å². The van der Waals surface area contributed by atoms with Gasteiger partial charge in [-0.2, -0.15) is 0 Å². The van der Waals surface area contributed by atoms with Crippen LogP contribution in [0.4, 0.5) is 0 Å². The zero-order valence-electron chi connectivity index (χ0n) is 10.7. The SMILES string of the molecule is Cc1cccc(-c2nc(C3=CC4CC4C=N3)cs2)c1. The first kappa shape index (κ1) is 11.1. The van der Waals surface area contributed by atoms with E-state index in [2.05, 4.69) is 53.9 Å². The van der Waals surface area contributed by atoms with E-state index in [1.54, 1.807) is 11.3 Å². The summed E-state index contributed by atoms with van der Waals surface area (Å²) in [5.74, 6) is 1.43. The van der Waals surface area contributed by atoms with E-state index in [0.717, 1.165) is 22.3 Å². The predicted octanol–water partition coefficient (Wildman–Crippen LogP) is 4.18. The van der Waals surface area contributed by atoms with Crippen molar-refractivity contribution in [2.75, 3.05) is 0 Å². The summed E-state index contributed by atoms with van der Waals surface area (Å²) >= 11 is 1.69. The minimum atomic E-state index is 0.707. The van der Waals surface area contributed by atoms with Gasteiger partial charge in [0, 0.05) is 23.1 Å². The molecule has 0 saturated heterocycles. The molecule has 2 unspecified atom stereocenters. The zero-order valence-corrected chi connectivity index (χ0v) is 11.5. The number of fused-ring (bicyclic) bond motifs is 1. The molecule has 2 atom stereocenters. The molecule has 1 aliphatic carbocycles. The molecule has 0 bridgehead atoms. The number of hydrogen-bond donors (Lipinski definition) is 0. The van der Waals surface area contributed by atoms with Crippen LogP contribution in [0.1, 0.15) is 17.7 Å². The van der Waals surface area contributed by atoms with Crippen molar-refractivity contribution in [2.45, 2.75) is 13.3 Å². The lowest BCUT2D eigenvalue weighted by molar-refractivity contribution is 1.03. The summed E-state index contributed by atoms with van der Waals surface area (Å²) in [5, 5.41) is 3.19.